The first kappa shape index (κ1) is 8.77. The van der Waals surface area contributed by atoms with E-state index in [1.807, 2.05) is 0 Å². The third-order valence-corrected chi connectivity index (χ3v) is 1.95. The molecule has 0 saturated heterocycles. The van der Waals surface area contributed by atoms with Crippen molar-refractivity contribution in [1.29, 1.82) is 0 Å². The van der Waals surface area contributed by atoms with Crippen LogP contribution in [0.2, 0.25) is 0 Å². The zero-order valence-corrected chi connectivity index (χ0v) is 6.36. The minimum absolute atomic E-state index is 0.0264. The van der Waals surface area contributed by atoms with Crippen LogP contribution in [0.1, 0.15) is 12.8 Å². The summed E-state index contributed by atoms with van der Waals surface area (Å²) in [4.78, 5) is 42.5. The fourth-order valence-electron chi connectivity index (χ4n) is 1.27. The number of Topliss-reactive ketones (excluding diaryl/α,β-unsaturated/α-hetero) is 2. The van der Waals surface area contributed by atoms with Gasteiger partial charge in [-0.3, -0.25) is 9.59 Å². The molecule has 0 heterocycles. The molecule has 0 aromatic carbocycles. The van der Waals surface area contributed by atoms with Gasteiger partial charge < -0.3 is 9.59 Å². The van der Waals surface area contributed by atoms with E-state index in [4.69, 9.17) is 0 Å². The molecule has 0 atom stereocenters. The molecule has 0 aliphatic heterocycles. The summed E-state index contributed by atoms with van der Waals surface area (Å²) in [6.07, 6.45) is 1.000. The SMILES string of the molecule is O=CC1CC(=O)C(C=O)C(=O)C1. The predicted octanol–water partition coefficient (Wildman–Crippen LogP) is -0.451. The Labute approximate surface area is 68.9 Å². The highest BCUT2D eigenvalue weighted by Crippen LogP contribution is 2.20. The zero-order valence-electron chi connectivity index (χ0n) is 6.36. The van der Waals surface area contributed by atoms with Crippen LogP contribution in [0.25, 0.3) is 0 Å². The first-order chi connectivity index (χ1) is 5.69. The Morgan fingerprint density at radius 2 is 1.50 bits per heavy atom. The third-order valence-electron chi connectivity index (χ3n) is 1.95. The summed E-state index contributed by atoms with van der Waals surface area (Å²) in [5.41, 5.74) is 0. The van der Waals surface area contributed by atoms with Gasteiger partial charge in [-0.1, -0.05) is 0 Å². The summed E-state index contributed by atoms with van der Waals surface area (Å²) < 4.78 is 0. The highest BCUT2D eigenvalue weighted by atomic mass is 16.2. The summed E-state index contributed by atoms with van der Waals surface area (Å²) in [6, 6.07) is 0. The Bertz CT molecular complexity index is 225. The van der Waals surface area contributed by atoms with Gasteiger partial charge in [-0.2, -0.15) is 0 Å². The van der Waals surface area contributed by atoms with E-state index in [-0.39, 0.29) is 12.8 Å². The highest BCUT2D eigenvalue weighted by molar-refractivity contribution is 6.15. The van der Waals surface area contributed by atoms with Crippen LogP contribution in [-0.2, 0) is 19.2 Å². The fraction of sp³-hybridized carbons (Fsp3) is 0.500. The maximum Gasteiger partial charge on any atom is 0.151 e. The van der Waals surface area contributed by atoms with E-state index in [1.54, 1.807) is 0 Å². The number of rotatable bonds is 2. The van der Waals surface area contributed by atoms with E-state index >= 15 is 0 Å². The van der Waals surface area contributed by atoms with Crippen molar-refractivity contribution in [3.63, 3.8) is 0 Å². The van der Waals surface area contributed by atoms with Crippen molar-refractivity contribution >= 4 is 24.1 Å². The van der Waals surface area contributed by atoms with Gasteiger partial charge in [-0.05, 0) is 0 Å². The van der Waals surface area contributed by atoms with Crippen LogP contribution in [0.15, 0.2) is 0 Å². The lowest BCUT2D eigenvalue weighted by molar-refractivity contribution is -0.141. The van der Waals surface area contributed by atoms with Crippen LogP contribution in [-0.4, -0.2) is 24.1 Å². The summed E-state index contributed by atoms with van der Waals surface area (Å²) >= 11 is 0. The van der Waals surface area contributed by atoms with Crippen LogP contribution in [0.3, 0.4) is 0 Å². The number of carbonyl (C=O) groups excluding carboxylic acids is 4. The average Bonchev–Trinajstić information content (AvgIpc) is 2.03. The molecule has 0 aromatic rings. The molecule has 1 saturated carbocycles. The molecule has 0 unspecified atom stereocenters. The van der Waals surface area contributed by atoms with Gasteiger partial charge in [0.05, 0.1) is 0 Å². The van der Waals surface area contributed by atoms with E-state index in [0.29, 0.717) is 12.6 Å². The van der Waals surface area contributed by atoms with E-state index < -0.39 is 23.4 Å². The lowest BCUT2D eigenvalue weighted by Gasteiger charge is -2.18. The van der Waals surface area contributed by atoms with Gasteiger partial charge in [0.15, 0.2) is 11.6 Å². The van der Waals surface area contributed by atoms with Gasteiger partial charge >= 0.3 is 0 Å². The Morgan fingerprint density at radius 1 is 1.00 bits per heavy atom. The molecule has 0 bridgehead atoms. The van der Waals surface area contributed by atoms with Crippen molar-refractivity contribution in [2.45, 2.75) is 12.8 Å². The molecular weight excluding hydrogens is 160 g/mol. The third kappa shape index (κ3) is 1.47. The second-order valence-corrected chi connectivity index (χ2v) is 2.85. The van der Waals surface area contributed by atoms with Crippen LogP contribution < -0.4 is 0 Å². The maximum absolute atomic E-state index is 11.0. The normalized spacial score (nSPS) is 30.0. The Hall–Kier alpha value is -1.32. The van der Waals surface area contributed by atoms with E-state index in [9.17, 15) is 19.2 Å². The zero-order chi connectivity index (χ0) is 9.14. The second-order valence-electron chi connectivity index (χ2n) is 2.85. The van der Waals surface area contributed by atoms with Crippen LogP contribution >= 0.6 is 0 Å². The number of ketones is 2. The average molecular weight is 168 g/mol. The minimum atomic E-state index is -1.11. The first-order valence-corrected chi connectivity index (χ1v) is 3.65. The van der Waals surface area contributed by atoms with Crippen LogP contribution in [0.4, 0.5) is 0 Å². The smallest absolute Gasteiger partial charge is 0.151 e. The number of hydrogen-bond donors (Lipinski definition) is 0. The maximum atomic E-state index is 11.0. The van der Waals surface area contributed by atoms with Crippen molar-refractivity contribution in [3.8, 4) is 0 Å². The van der Waals surface area contributed by atoms with Gasteiger partial charge in [-0.15, -0.1) is 0 Å². The van der Waals surface area contributed by atoms with E-state index in [0.717, 1.165) is 0 Å². The van der Waals surface area contributed by atoms with Crippen molar-refractivity contribution in [1.82, 2.24) is 0 Å². The Morgan fingerprint density at radius 3 is 1.83 bits per heavy atom. The fourth-order valence-corrected chi connectivity index (χ4v) is 1.27. The lowest BCUT2D eigenvalue weighted by Crippen LogP contribution is -2.34. The van der Waals surface area contributed by atoms with Crippen molar-refractivity contribution in [3.05, 3.63) is 0 Å². The van der Waals surface area contributed by atoms with Gasteiger partial charge in [0.25, 0.3) is 0 Å². The topological polar surface area (TPSA) is 68.3 Å². The molecule has 1 fully saturated rings. The van der Waals surface area contributed by atoms with Crippen LogP contribution in [0.5, 0.6) is 0 Å². The van der Waals surface area contributed by atoms with E-state index in [2.05, 4.69) is 0 Å². The van der Waals surface area contributed by atoms with Gasteiger partial charge in [0.2, 0.25) is 0 Å². The molecule has 1 aliphatic carbocycles. The molecule has 0 N–H and O–H groups in total. The quantitative estimate of drug-likeness (QED) is 0.413. The molecule has 0 amide bonds. The number of aldehydes is 2. The molecule has 4 nitrogen and oxygen atoms in total. The summed E-state index contributed by atoms with van der Waals surface area (Å²) in [6.45, 7) is 0. The number of carbonyl (C=O) groups is 4. The first-order valence-electron chi connectivity index (χ1n) is 3.65. The summed E-state index contributed by atoms with van der Waals surface area (Å²) in [7, 11) is 0. The minimum Gasteiger partial charge on any atom is -0.303 e. The monoisotopic (exact) mass is 168 g/mol. The molecule has 0 radical (unpaired) electrons. The highest BCUT2D eigenvalue weighted by Gasteiger charge is 2.34. The van der Waals surface area contributed by atoms with E-state index in [1.165, 1.54) is 0 Å². The molecule has 0 spiro atoms. The van der Waals surface area contributed by atoms with Crippen LogP contribution in [0, 0.1) is 11.8 Å². The molecule has 12 heavy (non-hydrogen) atoms. The molecule has 0 aromatic heterocycles. The second kappa shape index (κ2) is 3.38. The molecule has 64 valence electrons. The van der Waals surface area contributed by atoms with Gasteiger partial charge in [-0.25, -0.2) is 0 Å². The molecule has 1 aliphatic rings. The molecule has 4 heteroatoms. The molecule has 1 rings (SSSR count). The van der Waals surface area contributed by atoms with Crippen molar-refractivity contribution < 1.29 is 19.2 Å². The summed E-state index contributed by atoms with van der Waals surface area (Å²) in [5, 5.41) is 0. The van der Waals surface area contributed by atoms with Gasteiger partial charge in [0, 0.05) is 18.8 Å². The Balaban J connectivity index is 2.76. The Kier molecular flexibility index (Phi) is 2.47. The van der Waals surface area contributed by atoms with Crippen molar-refractivity contribution in [2.24, 2.45) is 11.8 Å². The summed E-state index contributed by atoms with van der Waals surface area (Å²) in [5.74, 6) is -2.49. The standard InChI is InChI=1S/C8H8O4/c9-3-5-1-7(11)6(4-10)8(12)2-5/h3-6H,1-2H2. The lowest BCUT2D eigenvalue weighted by atomic mass is 9.81. The molecular formula is C8H8O4. The number of hydrogen-bond acceptors (Lipinski definition) is 4. The largest absolute Gasteiger partial charge is 0.303 e. The van der Waals surface area contributed by atoms with Crippen molar-refractivity contribution in [2.75, 3.05) is 0 Å². The predicted molar refractivity (Wildman–Crippen MR) is 38.4 cm³/mol. The van der Waals surface area contributed by atoms with Gasteiger partial charge in [0.1, 0.15) is 18.5 Å².